The molecule has 2 saturated carbocycles. The zero-order chi connectivity index (χ0) is 25.7. The summed E-state index contributed by atoms with van der Waals surface area (Å²) < 4.78 is 8.40. The van der Waals surface area contributed by atoms with E-state index < -0.39 is 0 Å². The molecule has 0 saturated heterocycles. The highest BCUT2D eigenvalue weighted by atomic mass is 16.5. The molecule has 5 heteroatoms. The second kappa shape index (κ2) is 11.4. The molecule has 1 heterocycles. The summed E-state index contributed by atoms with van der Waals surface area (Å²) in [7, 11) is 0. The van der Waals surface area contributed by atoms with Crippen molar-refractivity contribution >= 4 is 16.9 Å². The van der Waals surface area contributed by atoms with Crippen molar-refractivity contribution in [3.63, 3.8) is 0 Å². The number of para-hydroxylation sites is 3. The Balaban J connectivity index is 1.42. The van der Waals surface area contributed by atoms with Crippen LogP contribution in [0.4, 0.5) is 0 Å². The maximum atomic E-state index is 14.2. The van der Waals surface area contributed by atoms with Gasteiger partial charge in [-0.1, -0.05) is 81.0 Å². The minimum absolute atomic E-state index is 0.157. The van der Waals surface area contributed by atoms with E-state index in [1.807, 2.05) is 54.6 Å². The van der Waals surface area contributed by atoms with Crippen molar-refractivity contribution in [3.05, 3.63) is 78.9 Å². The molecule has 2 aliphatic rings. The molecule has 1 atom stereocenters. The van der Waals surface area contributed by atoms with Crippen LogP contribution in [-0.2, 0) is 4.79 Å². The van der Waals surface area contributed by atoms with Crippen LogP contribution in [0.25, 0.3) is 22.4 Å². The second-order valence-corrected chi connectivity index (χ2v) is 10.9. The Hall–Kier alpha value is -3.60. The van der Waals surface area contributed by atoms with Crippen molar-refractivity contribution in [1.29, 1.82) is 0 Å². The summed E-state index contributed by atoms with van der Waals surface area (Å²) in [6.07, 6.45) is 11.6. The van der Waals surface area contributed by atoms with E-state index in [1.54, 1.807) is 0 Å². The van der Waals surface area contributed by atoms with Gasteiger partial charge in [0.05, 0.1) is 11.0 Å². The molecule has 1 N–H and O–H groups in total. The van der Waals surface area contributed by atoms with Gasteiger partial charge in [0.2, 0.25) is 5.91 Å². The van der Waals surface area contributed by atoms with Crippen LogP contribution in [-0.4, -0.2) is 21.5 Å². The number of amides is 1. The number of carbonyl (C=O) groups excluding carboxylic acids is 1. The van der Waals surface area contributed by atoms with Crippen LogP contribution < -0.4 is 10.1 Å². The molecule has 4 aromatic rings. The third-order valence-electron chi connectivity index (χ3n) is 8.26. The number of fused-ring (bicyclic) bond motifs is 1. The van der Waals surface area contributed by atoms with Crippen molar-refractivity contribution in [3.8, 4) is 22.9 Å². The van der Waals surface area contributed by atoms with E-state index in [0.717, 1.165) is 59.6 Å². The summed E-state index contributed by atoms with van der Waals surface area (Å²) in [6, 6.07) is 26.2. The maximum absolute atomic E-state index is 14.2. The molecule has 0 spiro atoms. The summed E-state index contributed by atoms with van der Waals surface area (Å²) in [4.78, 5) is 19.3. The van der Waals surface area contributed by atoms with Crippen LogP contribution in [0.2, 0.25) is 0 Å². The Labute approximate surface area is 225 Å². The fraction of sp³-hybridized carbons (Fsp3) is 0.394. The Morgan fingerprint density at radius 3 is 2.26 bits per heavy atom. The standard InChI is InChI=1S/C33H37N3O2/c37-33(34-26-16-6-2-7-17-26)31(24-13-4-1-5-14-24)36-30-22-11-10-21-29(30)35-32(36)25-15-12-20-28(23-25)38-27-18-8-3-9-19-27/h3,8-12,15,18-24,26,31H,1-2,4-7,13-14,16-17H2,(H,34,37). The zero-order valence-corrected chi connectivity index (χ0v) is 22.0. The first-order valence-electron chi connectivity index (χ1n) is 14.4. The van der Waals surface area contributed by atoms with E-state index in [-0.39, 0.29) is 18.0 Å². The summed E-state index contributed by atoms with van der Waals surface area (Å²) >= 11 is 0. The first kappa shape index (κ1) is 24.7. The van der Waals surface area contributed by atoms with Gasteiger partial charge in [-0.25, -0.2) is 4.98 Å². The third kappa shape index (κ3) is 5.33. The number of ether oxygens (including phenoxy) is 1. The number of hydrogen-bond acceptors (Lipinski definition) is 3. The number of carbonyl (C=O) groups is 1. The average Bonchev–Trinajstić information content (AvgIpc) is 3.34. The van der Waals surface area contributed by atoms with Gasteiger partial charge >= 0.3 is 0 Å². The molecule has 2 fully saturated rings. The summed E-state index contributed by atoms with van der Waals surface area (Å²) in [5.74, 6) is 2.84. The molecule has 196 valence electrons. The zero-order valence-electron chi connectivity index (χ0n) is 22.0. The predicted molar refractivity (Wildman–Crippen MR) is 152 cm³/mol. The van der Waals surface area contributed by atoms with Crippen LogP contribution in [0, 0.1) is 5.92 Å². The molecule has 2 aliphatic carbocycles. The number of rotatable bonds is 7. The van der Waals surface area contributed by atoms with E-state index in [4.69, 9.17) is 9.72 Å². The first-order valence-corrected chi connectivity index (χ1v) is 14.4. The Kier molecular flexibility index (Phi) is 7.43. The topological polar surface area (TPSA) is 56.2 Å². The Morgan fingerprint density at radius 2 is 1.47 bits per heavy atom. The fourth-order valence-corrected chi connectivity index (χ4v) is 6.38. The van der Waals surface area contributed by atoms with E-state index >= 15 is 0 Å². The van der Waals surface area contributed by atoms with Gasteiger partial charge in [0.1, 0.15) is 23.4 Å². The van der Waals surface area contributed by atoms with Crippen LogP contribution in [0.15, 0.2) is 78.9 Å². The SMILES string of the molecule is O=C(NC1CCCCC1)C(C1CCCCC1)n1c(-c2cccc(Oc3ccccc3)c2)nc2ccccc21. The smallest absolute Gasteiger partial charge is 0.243 e. The Morgan fingerprint density at radius 1 is 0.789 bits per heavy atom. The molecular weight excluding hydrogens is 470 g/mol. The minimum atomic E-state index is -0.279. The molecule has 1 unspecified atom stereocenters. The molecule has 0 bridgehead atoms. The third-order valence-corrected chi connectivity index (χ3v) is 8.26. The van der Waals surface area contributed by atoms with Crippen LogP contribution in [0.1, 0.15) is 70.3 Å². The average molecular weight is 508 g/mol. The maximum Gasteiger partial charge on any atom is 0.243 e. The van der Waals surface area contributed by atoms with Gasteiger partial charge < -0.3 is 14.6 Å². The minimum Gasteiger partial charge on any atom is -0.457 e. The molecule has 5 nitrogen and oxygen atoms in total. The summed E-state index contributed by atoms with van der Waals surface area (Å²) in [5, 5.41) is 3.48. The molecule has 0 radical (unpaired) electrons. The van der Waals surface area contributed by atoms with Crippen molar-refractivity contribution in [2.24, 2.45) is 5.92 Å². The van der Waals surface area contributed by atoms with Crippen LogP contribution >= 0.6 is 0 Å². The lowest BCUT2D eigenvalue weighted by atomic mass is 9.82. The second-order valence-electron chi connectivity index (χ2n) is 10.9. The number of nitrogens with one attached hydrogen (secondary N) is 1. The van der Waals surface area contributed by atoms with Crippen molar-refractivity contribution < 1.29 is 9.53 Å². The van der Waals surface area contributed by atoms with Crippen molar-refractivity contribution in [1.82, 2.24) is 14.9 Å². The van der Waals surface area contributed by atoms with Crippen molar-refractivity contribution in [2.45, 2.75) is 76.3 Å². The van der Waals surface area contributed by atoms with Gasteiger partial charge in [0, 0.05) is 11.6 Å². The van der Waals surface area contributed by atoms with E-state index in [9.17, 15) is 4.79 Å². The highest BCUT2D eigenvalue weighted by Crippen LogP contribution is 2.39. The lowest BCUT2D eigenvalue weighted by Crippen LogP contribution is -2.43. The van der Waals surface area contributed by atoms with Gasteiger partial charge in [0.25, 0.3) is 0 Å². The molecule has 1 amide bonds. The molecule has 1 aromatic heterocycles. The number of hydrogen-bond donors (Lipinski definition) is 1. The molecule has 3 aromatic carbocycles. The molecular formula is C33H37N3O2. The lowest BCUT2D eigenvalue weighted by Gasteiger charge is -2.33. The largest absolute Gasteiger partial charge is 0.457 e. The van der Waals surface area contributed by atoms with Crippen LogP contribution in [0.5, 0.6) is 11.5 Å². The molecule has 6 rings (SSSR count). The number of nitrogens with zero attached hydrogens (tertiary/aromatic N) is 2. The fourth-order valence-electron chi connectivity index (χ4n) is 6.38. The van der Waals surface area contributed by atoms with E-state index in [2.05, 4.69) is 34.1 Å². The van der Waals surface area contributed by atoms with Crippen LogP contribution in [0.3, 0.4) is 0 Å². The highest BCUT2D eigenvalue weighted by Gasteiger charge is 2.35. The number of aromatic nitrogens is 2. The number of imidazole rings is 1. The van der Waals surface area contributed by atoms with Gasteiger partial charge in [-0.2, -0.15) is 0 Å². The lowest BCUT2D eigenvalue weighted by molar-refractivity contribution is -0.127. The van der Waals surface area contributed by atoms with Crippen molar-refractivity contribution in [2.75, 3.05) is 0 Å². The van der Waals surface area contributed by atoms with Gasteiger partial charge in [-0.3, -0.25) is 4.79 Å². The molecule has 38 heavy (non-hydrogen) atoms. The Bertz CT molecular complexity index is 1370. The van der Waals surface area contributed by atoms with Gasteiger partial charge in [-0.05, 0) is 68.0 Å². The van der Waals surface area contributed by atoms with Gasteiger partial charge in [-0.15, -0.1) is 0 Å². The number of benzene rings is 3. The summed E-state index contributed by atoms with van der Waals surface area (Å²) in [5.41, 5.74) is 2.90. The summed E-state index contributed by atoms with van der Waals surface area (Å²) in [6.45, 7) is 0. The predicted octanol–water partition coefficient (Wildman–Crippen LogP) is 8.07. The highest BCUT2D eigenvalue weighted by molar-refractivity contribution is 5.87. The van der Waals surface area contributed by atoms with E-state index in [0.29, 0.717) is 5.92 Å². The first-order chi connectivity index (χ1) is 18.8. The normalized spacial score (nSPS) is 17.8. The van der Waals surface area contributed by atoms with Gasteiger partial charge in [0.15, 0.2) is 0 Å². The molecule has 0 aliphatic heterocycles. The van der Waals surface area contributed by atoms with E-state index in [1.165, 1.54) is 38.5 Å². The quantitative estimate of drug-likeness (QED) is 0.275. The monoisotopic (exact) mass is 507 g/mol.